The third-order valence-corrected chi connectivity index (χ3v) is 2.56. The Morgan fingerprint density at radius 3 is 2.05 bits per heavy atom. The molecular formula is C16H18O6. The number of allylic oxidation sites excluding steroid dienone is 2. The molecule has 0 fully saturated rings. The van der Waals surface area contributed by atoms with Gasteiger partial charge in [-0.25, -0.2) is 4.79 Å². The number of hydrogen-bond donors (Lipinski definition) is 0. The van der Waals surface area contributed by atoms with Gasteiger partial charge in [0, 0.05) is 13.0 Å². The van der Waals surface area contributed by atoms with E-state index in [4.69, 9.17) is 14.2 Å². The van der Waals surface area contributed by atoms with Gasteiger partial charge in [-0.15, -0.1) is 0 Å². The summed E-state index contributed by atoms with van der Waals surface area (Å²) < 4.78 is 20.0. The fourth-order valence-corrected chi connectivity index (χ4v) is 1.61. The molecule has 6 heteroatoms. The van der Waals surface area contributed by atoms with Crippen LogP contribution in [0.15, 0.2) is 30.4 Å². The van der Waals surface area contributed by atoms with Gasteiger partial charge in [-0.2, -0.15) is 0 Å². The molecule has 0 spiro atoms. The van der Waals surface area contributed by atoms with Gasteiger partial charge in [0.05, 0.1) is 21.3 Å². The van der Waals surface area contributed by atoms with Crippen LogP contribution in [0.5, 0.6) is 17.2 Å². The Balaban J connectivity index is 3.07. The maximum absolute atomic E-state index is 11.1. The van der Waals surface area contributed by atoms with Crippen LogP contribution in [0.1, 0.15) is 12.5 Å². The lowest BCUT2D eigenvalue weighted by atomic mass is 10.1. The summed E-state index contributed by atoms with van der Waals surface area (Å²) >= 11 is 0. The van der Waals surface area contributed by atoms with Gasteiger partial charge in [-0.3, -0.25) is 4.79 Å². The standard InChI is InChI=1S/C16H18O6/c1-11(17)22-16-13(19-2)9-12(10-14(16)20-3)7-5-6-8-15(18)21-4/h5-10H,1-4H3/b7-5+,8-6+. The Labute approximate surface area is 128 Å². The first-order valence-electron chi connectivity index (χ1n) is 6.39. The zero-order chi connectivity index (χ0) is 16.5. The molecule has 0 unspecified atom stereocenters. The predicted molar refractivity (Wildman–Crippen MR) is 81.0 cm³/mol. The number of carbonyl (C=O) groups is 2. The van der Waals surface area contributed by atoms with E-state index in [1.165, 1.54) is 34.3 Å². The Hall–Kier alpha value is -2.76. The molecule has 0 heterocycles. The van der Waals surface area contributed by atoms with Crippen molar-refractivity contribution >= 4 is 18.0 Å². The Bertz CT molecular complexity index is 576. The maximum atomic E-state index is 11.1. The fraction of sp³-hybridized carbons (Fsp3) is 0.250. The smallest absolute Gasteiger partial charge is 0.330 e. The van der Waals surface area contributed by atoms with Crippen LogP contribution in [0.2, 0.25) is 0 Å². The van der Waals surface area contributed by atoms with Gasteiger partial charge >= 0.3 is 11.9 Å². The maximum Gasteiger partial charge on any atom is 0.330 e. The second-order valence-electron chi connectivity index (χ2n) is 4.09. The van der Waals surface area contributed by atoms with Gasteiger partial charge in [-0.1, -0.05) is 18.2 Å². The highest BCUT2D eigenvalue weighted by Gasteiger charge is 2.15. The van der Waals surface area contributed by atoms with Crippen LogP contribution < -0.4 is 14.2 Å². The van der Waals surface area contributed by atoms with Gasteiger partial charge in [0.25, 0.3) is 0 Å². The van der Waals surface area contributed by atoms with Crippen molar-refractivity contribution < 1.29 is 28.5 Å². The van der Waals surface area contributed by atoms with E-state index in [1.54, 1.807) is 30.4 Å². The number of hydrogen-bond acceptors (Lipinski definition) is 6. The summed E-state index contributed by atoms with van der Waals surface area (Å²) in [5, 5.41) is 0. The minimum atomic E-state index is -0.471. The summed E-state index contributed by atoms with van der Waals surface area (Å²) in [6.45, 7) is 1.30. The summed E-state index contributed by atoms with van der Waals surface area (Å²) in [4.78, 5) is 22.1. The molecule has 1 aromatic rings. The number of esters is 2. The molecule has 0 aliphatic rings. The Kier molecular flexibility index (Phi) is 6.69. The zero-order valence-electron chi connectivity index (χ0n) is 12.9. The summed E-state index contributed by atoms with van der Waals surface area (Å²) in [5.41, 5.74) is 0.749. The average Bonchev–Trinajstić information content (AvgIpc) is 2.51. The molecule has 0 amide bonds. The zero-order valence-corrected chi connectivity index (χ0v) is 12.9. The molecule has 0 N–H and O–H groups in total. The normalized spacial score (nSPS) is 10.7. The molecule has 0 aromatic heterocycles. The first kappa shape index (κ1) is 17.3. The van der Waals surface area contributed by atoms with Crippen LogP contribution in [0.25, 0.3) is 6.08 Å². The van der Waals surface area contributed by atoms with Crippen LogP contribution in [-0.4, -0.2) is 33.3 Å². The van der Waals surface area contributed by atoms with E-state index in [-0.39, 0.29) is 5.75 Å². The van der Waals surface area contributed by atoms with E-state index in [1.807, 2.05) is 0 Å². The lowest BCUT2D eigenvalue weighted by Crippen LogP contribution is -2.05. The molecule has 6 nitrogen and oxygen atoms in total. The SMILES string of the molecule is COC(=O)/C=C/C=C/c1cc(OC)c(OC(C)=O)c(OC)c1. The quantitative estimate of drug-likeness (QED) is 0.348. The minimum Gasteiger partial charge on any atom is -0.493 e. The summed E-state index contributed by atoms with van der Waals surface area (Å²) in [7, 11) is 4.23. The van der Waals surface area contributed by atoms with Crippen molar-refractivity contribution in [1.29, 1.82) is 0 Å². The van der Waals surface area contributed by atoms with Crippen molar-refractivity contribution in [2.45, 2.75) is 6.92 Å². The first-order chi connectivity index (χ1) is 10.5. The van der Waals surface area contributed by atoms with Crippen molar-refractivity contribution in [2.24, 2.45) is 0 Å². The molecule has 0 aliphatic carbocycles. The summed E-state index contributed by atoms with van der Waals surface area (Å²) in [6.07, 6.45) is 6.24. The number of ether oxygens (including phenoxy) is 4. The molecule has 0 saturated carbocycles. The Morgan fingerprint density at radius 2 is 1.59 bits per heavy atom. The number of benzene rings is 1. The van der Waals surface area contributed by atoms with Gasteiger partial charge in [0.2, 0.25) is 5.75 Å². The lowest BCUT2D eigenvalue weighted by molar-refractivity contribution is -0.135. The van der Waals surface area contributed by atoms with Crippen LogP contribution in [-0.2, 0) is 14.3 Å². The third-order valence-electron chi connectivity index (χ3n) is 2.56. The summed E-state index contributed by atoms with van der Waals surface area (Å²) in [5.74, 6) is 0.0444. The highest BCUT2D eigenvalue weighted by atomic mass is 16.6. The van der Waals surface area contributed by atoms with Crippen molar-refractivity contribution in [3.8, 4) is 17.2 Å². The molecule has 118 valence electrons. The monoisotopic (exact) mass is 306 g/mol. The van der Waals surface area contributed by atoms with Crippen LogP contribution >= 0.6 is 0 Å². The number of rotatable bonds is 6. The molecule has 0 atom stereocenters. The largest absolute Gasteiger partial charge is 0.493 e. The van der Waals surface area contributed by atoms with E-state index in [0.717, 1.165) is 5.56 Å². The predicted octanol–water partition coefficient (Wildman–Crippen LogP) is 2.37. The second kappa shape index (κ2) is 8.51. The van der Waals surface area contributed by atoms with Crippen molar-refractivity contribution in [2.75, 3.05) is 21.3 Å². The van der Waals surface area contributed by atoms with Crippen molar-refractivity contribution in [3.63, 3.8) is 0 Å². The molecule has 0 aliphatic heterocycles. The minimum absolute atomic E-state index is 0.222. The van der Waals surface area contributed by atoms with E-state index in [2.05, 4.69) is 4.74 Å². The molecule has 1 rings (SSSR count). The molecule has 0 bridgehead atoms. The van der Waals surface area contributed by atoms with E-state index >= 15 is 0 Å². The number of carbonyl (C=O) groups excluding carboxylic acids is 2. The molecule has 0 saturated heterocycles. The van der Waals surface area contributed by atoms with E-state index in [0.29, 0.717) is 11.5 Å². The van der Waals surface area contributed by atoms with Crippen LogP contribution in [0.4, 0.5) is 0 Å². The second-order valence-corrected chi connectivity index (χ2v) is 4.09. The lowest BCUT2D eigenvalue weighted by Gasteiger charge is -2.13. The van der Waals surface area contributed by atoms with Gasteiger partial charge in [0.1, 0.15) is 0 Å². The van der Waals surface area contributed by atoms with E-state index < -0.39 is 11.9 Å². The number of methoxy groups -OCH3 is 3. The van der Waals surface area contributed by atoms with Gasteiger partial charge in [-0.05, 0) is 17.7 Å². The molecule has 1 aromatic carbocycles. The topological polar surface area (TPSA) is 71.1 Å². The highest BCUT2D eigenvalue weighted by molar-refractivity contribution is 5.82. The highest BCUT2D eigenvalue weighted by Crippen LogP contribution is 2.39. The third kappa shape index (κ3) is 4.97. The Morgan fingerprint density at radius 1 is 1.00 bits per heavy atom. The van der Waals surface area contributed by atoms with Crippen LogP contribution in [0, 0.1) is 0 Å². The average molecular weight is 306 g/mol. The van der Waals surface area contributed by atoms with Crippen molar-refractivity contribution in [1.82, 2.24) is 0 Å². The van der Waals surface area contributed by atoms with Gasteiger partial charge in [0.15, 0.2) is 11.5 Å². The molecule has 0 radical (unpaired) electrons. The van der Waals surface area contributed by atoms with Crippen molar-refractivity contribution in [3.05, 3.63) is 35.9 Å². The first-order valence-corrected chi connectivity index (χ1v) is 6.39. The van der Waals surface area contributed by atoms with Gasteiger partial charge < -0.3 is 18.9 Å². The fourth-order valence-electron chi connectivity index (χ4n) is 1.61. The molecule has 22 heavy (non-hydrogen) atoms. The molecular weight excluding hydrogens is 288 g/mol. The van der Waals surface area contributed by atoms with Crippen LogP contribution in [0.3, 0.4) is 0 Å². The summed E-state index contributed by atoms with van der Waals surface area (Å²) in [6, 6.07) is 3.37. The van der Waals surface area contributed by atoms with E-state index in [9.17, 15) is 9.59 Å².